The number of carbonyl (C=O) groups is 1. The summed E-state index contributed by atoms with van der Waals surface area (Å²) < 4.78 is 0. The van der Waals surface area contributed by atoms with Gasteiger partial charge in [0, 0.05) is 38.4 Å². The van der Waals surface area contributed by atoms with Gasteiger partial charge >= 0.3 is 6.03 Å². The number of carbonyl (C=O) groups excluding carboxylic acids is 1. The van der Waals surface area contributed by atoms with Crippen LogP contribution in [0.15, 0.2) is 29.3 Å². The summed E-state index contributed by atoms with van der Waals surface area (Å²) >= 11 is 0. The topological polar surface area (TPSA) is 60.0 Å². The number of benzene rings is 1. The van der Waals surface area contributed by atoms with Crippen molar-refractivity contribution >= 4 is 41.7 Å². The molecule has 0 aliphatic carbocycles. The first-order valence-electron chi connectivity index (χ1n) is 9.44. The molecule has 2 aliphatic heterocycles. The minimum absolute atomic E-state index is 0. The molecule has 0 atom stereocenters. The Morgan fingerprint density at radius 3 is 2.38 bits per heavy atom. The molecule has 2 heterocycles. The number of likely N-dealkylation sites (tertiary alicyclic amines) is 2. The van der Waals surface area contributed by atoms with E-state index in [-0.39, 0.29) is 30.0 Å². The number of nitrogens with one attached hydrogen (secondary N) is 2. The predicted molar refractivity (Wildman–Crippen MR) is 117 cm³/mol. The Balaban J connectivity index is 0.00000243. The fourth-order valence-corrected chi connectivity index (χ4v) is 3.39. The molecule has 1 aromatic rings. The molecule has 2 aliphatic rings. The van der Waals surface area contributed by atoms with Crippen molar-refractivity contribution in [2.75, 3.05) is 38.0 Å². The zero-order valence-corrected chi connectivity index (χ0v) is 17.9. The minimum atomic E-state index is 0. The van der Waals surface area contributed by atoms with Gasteiger partial charge in [-0.1, -0.05) is 12.1 Å². The molecule has 2 amide bonds. The van der Waals surface area contributed by atoms with E-state index in [9.17, 15) is 4.79 Å². The van der Waals surface area contributed by atoms with Crippen molar-refractivity contribution in [3.05, 3.63) is 29.8 Å². The Kier molecular flexibility index (Phi) is 8.47. The van der Waals surface area contributed by atoms with Crippen molar-refractivity contribution in [2.24, 2.45) is 4.99 Å². The maximum Gasteiger partial charge on any atom is 0.321 e. The molecule has 2 fully saturated rings. The molecule has 0 bridgehead atoms. The van der Waals surface area contributed by atoms with Gasteiger partial charge in [-0.2, -0.15) is 0 Å². The smallest absolute Gasteiger partial charge is 0.321 e. The molecule has 0 unspecified atom stereocenters. The summed E-state index contributed by atoms with van der Waals surface area (Å²) in [6, 6.07) is 8.00. The molecule has 0 spiro atoms. The number of urea groups is 1. The van der Waals surface area contributed by atoms with E-state index in [1.54, 1.807) is 0 Å². The molecule has 0 aromatic heterocycles. The van der Waals surface area contributed by atoms with Crippen LogP contribution in [0.4, 0.5) is 10.5 Å². The Morgan fingerprint density at radius 2 is 1.73 bits per heavy atom. The number of guanidine groups is 1. The van der Waals surface area contributed by atoms with Crippen LogP contribution in [0.5, 0.6) is 0 Å². The number of aliphatic imine (C=N–C) groups is 1. The number of hydrogen-bond acceptors (Lipinski definition) is 2. The van der Waals surface area contributed by atoms with Crippen LogP contribution in [0, 0.1) is 0 Å². The van der Waals surface area contributed by atoms with Gasteiger partial charge in [-0.05, 0) is 50.3 Å². The fourth-order valence-electron chi connectivity index (χ4n) is 3.39. The van der Waals surface area contributed by atoms with Gasteiger partial charge in [0.15, 0.2) is 5.96 Å². The van der Waals surface area contributed by atoms with Gasteiger partial charge in [-0.15, -0.1) is 24.0 Å². The lowest BCUT2D eigenvalue weighted by atomic mass is 10.2. The summed E-state index contributed by atoms with van der Waals surface area (Å²) in [5.74, 6) is 0.992. The molecule has 26 heavy (non-hydrogen) atoms. The molecule has 144 valence electrons. The normalized spacial score (nSPS) is 17.2. The lowest BCUT2D eigenvalue weighted by Gasteiger charge is -2.20. The molecule has 2 N–H and O–H groups in total. The van der Waals surface area contributed by atoms with Crippen LogP contribution >= 0.6 is 24.0 Å². The van der Waals surface area contributed by atoms with Gasteiger partial charge in [-0.25, -0.2) is 9.79 Å². The number of amides is 2. The van der Waals surface area contributed by atoms with Gasteiger partial charge in [0.1, 0.15) is 0 Å². The average molecular weight is 471 g/mol. The molecule has 0 saturated carbocycles. The highest BCUT2D eigenvalue weighted by Gasteiger charge is 2.18. The van der Waals surface area contributed by atoms with E-state index in [1.807, 2.05) is 23.1 Å². The quantitative estimate of drug-likeness (QED) is 0.402. The number of nitrogens with zero attached hydrogens (tertiary/aromatic N) is 3. The standard InChI is InChI=1S/C19H29N5O.HI/c1-2-20-18(23-10-3-4-11-23)21-15-16-8-7-9-17(14-16)22-19(25)24-12-5-6-13-24;/h7-9,14H,2-6,10-13,15H2,1H3,(H,20,21)(H,22,25);1H. The summed E-state index contributed by atoms with van der Waals surface area (Å²) in [6.07, 6.45) is 4.68. The van der Waals surface area contributed by atoms with Crippen LogP contribution in [0.1, 0.15) is 38.2 Å². The number of hydrogen-bond donors (Lipinski definition) is 2. The van der Waals surface area contributed by atoms with E-state index in [0.29, 0.717) is 6.54 Å². The maximum absolute atomic E-state index is 12.2. The van der Waals surface area contributed by atoms with Crippen molar-refractivity contribution in [1.82, 2.24) is 15.1 Å². The zero-order chi connectivity index (χ0) is 17.5. The second kappa shape index (κ2) is 10.6. The highest BCUT2D eigenvalue weighted by Crippen LogP contribution is 2.15. The maximum atomic E-state index is 12.2. The highest BCUT2D eigenvalue weighted by atomic mass is 127. The molecule has 1 aromatic carbocycles. The molecule has 0 radical (unpaired) electrons. The molecule has 6 nitrogen and oxygen atoms in total. The Bertz CT molecular complexity index is 610. The monoisotopic (exact) mass is 471 g/mol. The first kappa shape index (κ1) is 20.8. The lowest BCUT2D eigenvalue weighted by molar-refractivity contribution is 0.222. The summed E-state index contributed by atoms with van der Waals surface area (Å²) in [4.78, 5) is 21.2. The average Bonchev–Trinajstić information content (AvgIpc) is 3.32. The second-order valence-electron chi connectivity index (χ2n) is 6.69. The third-order valence-corrected chi connectivity index (χ3v) is 4.72. The lowest BCUT2D eigenvalue weighted by Crippen LogP contribution is -2.39. The van der Waals surface area contributed by atoms with Gasteiger partial charge in [0.2, 0.25) is 0 Å². The summed E-state index contributed by atoms with van der Waals surface area (Å²) in [5, 5.41) is 6.38. The van der Waals surface area contributed by atoms with Gasteiger partial charge in [0.05, 0.1) is 6.54 Å². The van der Waals surface area contributed by atoms with E-state index < -0.39 is 0 Å². The Hall–Kier alpha value is -1.51. The van der Waals surface area contributed by atoms with E-state index >= 15 is 0 Å². The number of rotatable bonds is 4. The third-order valence-electron chi connectivity index (χ3n) is 4.72. The molecule has 2 saturated heterocycles. The van der Waals surface area contributed by atoms with Crippen LogP contribution < -0.4 is 10.6 Å². The highest BCUT2D eigenvalue weighted by molar-refractivity contribution is 14.0. The van der Waals surface area contributed by atoms with Gasteiger partial charge in [-0.3, -0.25) is 0 Å². The largest absolute Gasteiger partial charge is 0.357 e. The van der Waals surface area contributed by atoms with E-state index in [2.05, 4.69) is 28.5 Å². The third kappa shape index (κ3) is 5.75. The predicted octanol–water partition coefficient (Wildman–Crippen LogP) is 3.49. The Morgan fingerprint density at radius 1 is 1.08 bits per heavy atom. The molecular formula is C19H30IN5O. The first-order valence-corrected chi connectivity index (χ1v) is 9.44. The molecular weight excluding hydrogens is 441 g/mol. The molecule has 7 heteroatoms. The van der Waals surface area contributed by atoms with Crippen LogP contribution in [0.2, 0.25) is 0 Å². The number of anilines is 1. The van der Waals surface area contributed by atoms with Crippen molar-refractivity contribution in [3.8, 4) is 0 Å². The summed E-state index contributed by atoms with van der Waals surface area (Å²) in [7, 11) is 0. The van der Waals surface area contributed by atoms with Gasteiger partial charge in [0.25, 0.3) is 0 Å². The van der Waals surface area contributed by atoms with Crippen molar-refractivity contribution in [3.63, 3.8) is 0 Å². The first-order chi connectivity index (χ1) is 12.3. The zero-order valence-electron chi connectivity index (χ0n) is 15.5. The Labute approximate surface area is 173 Å². The van der Waals surface area contributed by atoms with Crippen molar-refractivity contribution < 1.29 is 4.79 Å². The van der Waals surface area contributed by atoms with Crippen molar-refractivity contribution in [2.45, 2.75) is 39.2 Å². The van der Waals surface area contributed by atoms with Crippen LogP contribution in [-0.4, -0.2) is 54.5 Å². The van der Waals surface area contributed by atoms with Crippen LogP contribution in [0.25, 0.3) is 0 Å². The minimum Gasteiger partial charge on any atom is -0.357 e. The molecule has 3 rings (SSSR count). The number of halogens is 1. The second-order valence-corrected chi connectivity index (χ2v) is 6.69. The SMILES string of the molecule is CCNC(=NCc1cccc(NC(=O)N2CCCC2)c1)N1CCCC1.I. The van der Waals surface area contributed by atoms with Crippen LogP contribution in [-0.2, 0) is 6.54 Å². The van der Waals surface area contributed by atoms with Gasteiger partial charge < -0.3 is 20.4 Å². The fraction of sp³-hybridized carbons (Fsp3) is 0.579. The summed E-state index contributed by atoms with van der Waals surface area (Å²) in [5.41, 5.74) is 1.95. The summed E-state index contributed by atoms with van der Waals surface area (Å²) in [6.45, 7) is 7.47. The van der Waals surface area contributed by atoms with E-state index in [1.165, 1.54) is 12.8 Å². The van der Waals surface area contributed by atoms with Crippen LogP contribution in [0.3, 0.4) is 0 Å². The van der Waals surface area contributed by atoms with E-state index in [4.69, 9.17) is 4.99 Å². The van der Waals surface area contributed by atoms with Crippen molar-refractivity contribution in [1.29, 1.82) is 0 Å². The van der Waals surface area contributed by atoms with E-state index in [0.717, 1.165) is 62.8 Å².